The smallest absolute Gasteiger partial charge is 0.270 e. The van der Waals surface area contributed by atoms with E-state index in [-0.39, 0.29) is 17.6 Å². The van der Waals surface area contributed by atoms with E-state index in [4.69, 9.17) is 0 Å². The normalized spacial score (nSPS) is 18.3. The van der Waals surface area contributed by atoms with Gasteiger partial charge >= 0.3 is 0 Å². The summed E-state index contributed by atoms with van der Waals surface area (Å²) < 4.78 is 12.9. The molecule has 1 atom stereocenters. The number of hydrogen-bond acceptors (Lipinski definition) is 2. The number of halogens is 1. The van der Waals surface area contributed by atoms with Crippen LogP contribution in [0, 0.1) is 11.9 Å². The molecule has 98 valence electrons. The van der Waals surface area contributed by atoms with Crippen molar-refractivity contribution in [2.24, 2.45) is 5.92 Å². The van der Waals surface area contributed by atoms with Gasteiger partial charge in [-0.25, -0.2) is 4.98 Å². The number of carbonyl (C=O) groups excluding carboxylic acids is 1. The molecular formula is C14H19FN2O. The summed E-state index contributed by atoms with van der Waals surface area (Å²) in [4.78, 5) is 15.5. The lowest BCUT2D eigenvalue weighted by Gasteiger charge is -2.28. The molecule has 1 aromatic heterocycles. The van der Waals surface area contributed by atoms with Crippen LogP contribution >= 0.6 is 0 Å². The first kappa shape index (κ1) is 13.0. The van der Waals surface area contributed by atoms with E-state index in [1.165, 1.54) is 37.5 Å². The van der Waals surface area contributed by atoms with Crippen molar-refractivity contribution in [2.45, 2.75) is 45.1 Å². The zero-order chi connectivity index (χ0) is 13.0. The second-order valence-electron chi connectivity index (χ2n) is 5.01. The van der Waals surface area contributed by atoms with Gasteiger partial charge in [0.25, 0.3) is 5.91 Å². The van der Waals surface area contributed by atoms with Gasteiger partial charge in [0.2, 0.25) is 5.95 Å². The molecular weight excluding hydrogens is 231 g/mol. The molecule has 18 heavy (non-hydrogen) atoms. The van der Waals surface area contributed by atoms with Crippen LogP contribution in [-0.4, -0.2) is 16.9 Å². The molecule has 0 aromatic carbocycles. The Morgan fingerprint density at radius 1 is 1.39 bits per heavy atom. The first-order chi connectivity index (χ1) is 8.66. The maximum absolute atomic E-state index is 12.9. The molecule has 1 amide bonds. The van der Waals surface area contributed by atoms with Gasteiger partial charge in [-0.3, -0.25) is 4.79 Å². The minimum atomic E-state index is -0.618. The van der Waals surface area contributed by atoms with Crippen molar-refractivity contribution < 1.29 is 9.18 Å². The Bertz CT molecular complexity index is 416. The molecule has 0 saturated heterocycles. The first-order valence-electron chi connectivity index (χ1n) is 6.60. The van der Waals surface area contributed by atoms with E-state index in [1.54, 1.807) is 0 Å². The average Bonchev–Trinajstić information content (AvgIpc) is 2.39. The van der Waals surface area contributed by atoms with E-state index in [0.717, 1.165) is 12.8 Å². The van der Waals surface area contributed by atoms with Crippen LogP contribution in [0.15, 0.2) is 18.2 Å². The van der Waals surface area contributed by atoms with E-state index in [0.29, 0.717) is 5.92 Å². The first-order valence-corrected chi connectivity index (χ1v) is 6.60. The standard InChI is InChI=1S/C14H19FN2O/c1-10(11-6-3-2-4-7-11)16-14(18)12-8-5-9-13(15)17-12/h5,8-11H,2-4,6-7H2,1H3,(H,16,18). The molecule has 0 spiro atoms. The van der Waals surface area contributed by atoms with Crippen molar-refractivity contribution in [2.75, 3.05) is 0 Å². The Kier molecular flexibility index (Phi) is 4.28. The number of hydrogen-bond donors (Lipinski definition) is 1. The Hall–Kier alpha value is -1.45. The molecule has 1 aromatic rings. The van der Waals surface area contributed by atoms with Gasteiger partial charge in [-0.2, -0.15) is 4.39 Å². The van der Waals surface area contributed by atoms with Crippen LogP contribution in [-0.2, 0) is 0 Å². The van der Waals surface area contributed by atoms with Crippen molar-refractivity contribution >= 4 is 5.91 Å². The molecule has 1 saturated carbocycles. The van der Waals surface area contributed by atoms with Gasteiger partial charge in [0.1, 0.15) is 5.69 Å². The van der Waals surface area contributed by atoms with E-state index >= 15 is 0 Å². The Morgan fingerprint density at radius 3 is 2.78 bits per heavy atom. The number of aromatic nitrogens is 1. The van der Waals surface area contributed by atoms with Crippen LogP contribution in [0.3, 0.4) is 0 Å². The van der Waals surface area contributed by atoms with Crippen LogP contribution in [0.2, 0.25) is 0 Å². The summed E-state index contributed by atoms with van der Waals surface area (Å²) in [6.07, 6.45) is 6.10. The summed E-state index contributed by atoms with van der Waals surface area (Å²) in [5.74, 6) is -0.364. The lowest BCUT2D eigenvalue weighted by Crippen LogP contribution is -2.39. The van der Waals surface area contributed by atoms with Gasteiger partial charge in [-0.1, -0.05) is 25.3 Å². The Balaban J connectivity index is 1.94. The quantitative estimate of drug-likeness (QED) is 0.838. The van der Waals surface area contributed by atoms with Crippen LogP contribution in [0.4, 0.5) is 4.39 Å². The van der Waals surface area contributed by atoms with Crippen molar-refractivity contribution in [3.05, 3.63) is 29.8 Å². The predicted molar refractivity (Wildman–Crippen MR) is 67.7 cm³/mol. The summed E-state index contributed by atoms with van der Waals surface area (Å²) in [6.45, 7) is 2.02. The fourth-order valence-electron chi connectivity index (χ4n) is 2.57. The summed E-state index contributed by atoms with van der Waals surface area (Å²) >= 11 is 0. The SMILES string of the molecule is CC(NC(=O)c1cccc(F)n1)C1CCCCC1. The van der Waals surface area contributed by atoms with Gasteiger partial charge < -0.3 is 5.32 Å². The molecule has 1 heterocycles. The lowest BCUT2D eigenvalue weighted by molar-refractivity contribution is 0.0913. The van der Waals surface area contributed by atoms with Crippen LogP contribution < -0.4 is 5.32 Å². The molecule has 1 unspecified atom stereocenters. The summed E-state index contributed by atoms with van der Waals surface area (Å²) in [6, 6.07) is 4.40. The zero-order valence-corrected chi connectivity index (χ0v) is 10.7. The molecule has 1 aliphatic carbocycles. The molecule has 0 aliphatic heterocycles. The lowest BCUT2D eigenvalue weighted by atomic mass is 9.84. The van der Waals surface area contributed by atoms with Gasteiger partial charge in [0, 0.05) is 6.04 Å². The summed E-state index contributed by atoms with van der Waals surface area (Å²) in [5.41, 5.74) is 0.151. The molecule has 0 bridgehead atoms. The number of rotatable bonds is 3. The number of amides is 1. The van der Waals surface area contributed by atoms with Gasteiger partial charge in [-0.05, 0) is 37.8 Å². The average molecular weight is 250 g/mol. The summed E-state index contributed by atoms with van der Waals surface area (Å²) in [7, 11) is 0. The third-order valence-corrected chi connectivity index (χ3v) is 3.66. The maximum atomic E-state index is 12.9. The Labute approximate surface area is 107 Å². The van der Waals surface area contributed by atoms with Crippen molar-refractivity contribution in [1.29, 1.82) is 0 Å². The number of nitrogens with one attached hydrogen (secondary N) is 1. The monoisotopic (exact) mass is 250 g/mol. The van der Waals surface area contributed by atoms with Crippen LogP contribution in [0.25, 0.3) is 0 Å². The van der Waals surface area contributed by atoms with E-state index in [9.17, 15) is 9.18 Å². The van der Waals surface area contributed by atoms with Gasteiger partial charge in [-0.15, -0.1) is 0 Å². The van der Waals surface area contributed by atoms with Crippen LogP contribution in [0.1, 0.15) is 49.5 Å². The molecule has 1 fully saturated rings. The highest BCUT2D eigenvalue weighted by molar-refractivity contribution is 5.92. The second-order valence-corrected chi connectivity index (χ2v) is 5.01. The van der Waals surface area contributed by atoms with Crippen molar-refractivity contribution in [3.8, 4) is 0 Å². The third kappa shape index (κ3) is 3.28. The van der Waals surface area contributed by atoms with Crippen molar-refractivity contribution in [3.63, 3.8) is 0 Å². The zero-order valence-electron chi connectivity index (χ0n) is 10.7. The highest BCUT2D eigenvalue weighted by atomic mass is 19.1. The highest BCUT2D eigenvalue weighted by Gasteiger charge is 2.22. The van der Waals surface area contributed by atoms with E-state index in [2.05, 4.69) is 10.3 Å². The van der Waals surface area contributed by atoms with Crippen LogP contribution in [0.5, 0.6) is 0 Å². The molecule has 2 rings (SSSR count). The van der Waals surface area contributed by atoms with Crippen molar-refractivity contribution in [1.82, 2.24) is 10.3 Å². The van der Waals surface area contributed by atoms with Gasteiger partial charge in [0.05, 0.1) is 0 Å². The summed E-state index contributed by atoms with van der Waals surface area (Å²) in [5, 5.41) is 2.92. The van der Waals surface area contributed by atoms with E-state index < -0.39 is 5.95 Å². The second kappa shape index (κ2) is 5.94. The molecule has 4 heteroatoms. The number of pyridine rings is 1. The molecule has 1 N–H and O–H groups in total. The largest absolute Gasteiger partial charge is 0.348 e. The minimum Gasteiger partial charge on any atom is -0.348 e. The molecule has 0 radical (unpaired) electrons. The number of carbonyl (C=O) groups is 1. The number of nitrogens with zero attached hydrogens (tertiary/aromatic N) is 1. The molecule has 3 nitrogen and oxygen atoms in total. The molecule has 1 aliphatic rings. The fraction of sp³-hybridized carbons (Fsp3) is 0.571. The predicted octanol–water partition coefficient (Wildman–Crippen LogP) is 2.92. The minimum absolute atomic E-state index is 0.128. The van der Waals surface area contributed by atoms with E-state index in [1.807, 2.05) is 6.92 Å². The van der Waals surface area contributed by atoms with Gasteiger partial charge in [0.15, 0.2) is 0 Å². The topological polar surface area (TPSA) is 42.0 Å². The maximum Gasteiger partial charge on any atom is 0.270 e. The highest BCUT2D eigenvalue weighted by Crippen LogP contribution is 2.26. The Morgan fingerprint density at radius 2 is 2.11 bits per heavy atom. The third-order valence-electron chi connectivity index (χ3n) is 3.66. The fourth-order valence-corrected chi connectivity index (χ4v) is 2.57.